The van der Waals surface area contributed by atoms with Crippen LogP contribution in [-0.2, 0) is 9.59 Å². The van der Waals surface area contributed by atoms with Gasteiger partial charge in [0.2, 0.25) is 5.91 Å². The lowest BCUT2D eigenvalue weighted by molar-refractivity contribution is -0.143. The zero-order valence-electron chi connectivity index (χ0n) is 12.2. The van der Waals surface area contributed by atoms with Crippen LogP contribution in [0.2, 0.25) is 0 Å². The molecule has 1 amide bonds. The molecular weight excluding hydrogens is 244 g/mol. The summed E-state index contributed by atoms with van der Waals surface area (Å²) < 4.78 is 0. The molecule has 2 unspecified atom stereocenters. The Balaban J connectivity index is 2.26. The second-order valence-electron chi connectivity index (χ2n) is 6.39. The molecule has 1 fully saturated rings. The molecule has 0 spiro atoms. The first-order valence-corrected chi connectivity index (χ1v) is 7.05. The Morgan fingerprint density at radius 2 is 1.95 bits per heavy atom. The first kappa shape index (κ1) is 16.0. The Bertz CT molecular complexity index is 323. The fourth-order valence-electron chi connectivity index (χ4n) is 2.40. The number of hydrogen-bond acceptors (Lipinski definition) is 3. The molecule has 0 aromatic heterocycles. The van der Waals surface area contributed by atoms with E-state index < -0.39 is 5.97 Å². The third-order valence-corrected chi connectivity index (χ3v) is 3.40. The summed E-state index contributed by atoms with van der Waals surface area (Å²) in [5.41, 5.74) is 0.0134. The van der Waals surface area contributed by atoms with E-state index in [1.165, 1.54) is 0 Å². The van der Waals surface area contributed by atoms with Gasteiger partial charge >= 0.3 is 5.97 Å². The van der Waals surface area contributed by atoms with Gasteiger partial charge in [0.15, 0.2) is 0 Å². The van der Waals surface area contributed by atoms with Crippen molar-refractivity contribution in [3.63, 3.8) is 0 Å². The average Bonchev–Trinajstić information content (AvgIpc) is 2.27. The predicted octanol–water partition coefficient (Wildman–Crippen LogP) is 1.52. The molecule has 0 aromatic carbocycles. The molecular formula is C14H26N2O3. The van der Waals surface area contributed by atoms with Gasteiger partial charge in [-0.1, -0.05) is 6.42 Å². The smallest absolute Gasteiger partial charge is 0.306 e. The summed E-state index contributed by atoms with van der Waals surface area (Å²) in [4.78, 5) is 22.7. The van der Waals surface area contributed by atoms with Crippen molar-refractivity contribution in [3.05, 3.63) is 0 Å². The van der Waals surface area contributed by atoms with E-state index in [1.807, 2.05) is 0 Å². The highest BCUT2D eigenvalue weighted by atomic mass is 16.4. The Morgan fingerprint density at radius 1 is 1.26 bits per heavy atom. The van der Waals surface area contributed by atoms with Crippen LogP contribution >= 0.6 is 0 Å². The summed E-state index contributed by atoms with van der Waals surface area (Å²) in [6, 6.07) is 0.0250. The van der Waals surface area contributed by atoms with Crippen molar-refractivity contribution in [3.8, 4) is 0 Å². The lowest BCUT2D eigenvalue weighted by Crippen LogP contribution is -2.42. The quantitative estimate of drug-likeness (QED) is 0.708. The number of carboxylic acid groups (broad SMARTS) is 1. The summed E-state index contributed by atoms with van der Waals surface area (Å²) in [5.74, 6) is -1.03. The fourth-order valence-corrected chi connectivity index (χ4v) is 2.40. The van der Waals surface area contributed by atoms with Gasteiger partial charge in [0.1, 0.15) is 0 Å². The Labute approximate surface area is 115 Å². The van der Waals surface area contributed by atoms with Crippen LogP contribution in [0.4, 0.5) is 0 Å². The highest BCUT2D eigenvalue weighted by Gasteiger charge is 2.27. The van der Waals surface area contributed by atoms with Crippen LogP contribution in [0.3, 0.4) is 0 Å². The van der Waals surface area contributed by atoms with Crippen LogP contribution in [-0.4, -0.2) is 35.1 Å². The SMILES string of the molecule is CC(C)(C)NCCC(=O)NC1CCCC(C(=O)O)C1. The largest absolute Gasteiger partial charge is 0.481 e. The van der Waals surface area contributed by atoms with Gasteiger partial charge in [0.05, 0.1) is 5.92 Å². The molecule has 0 saturated heterocycles. The average molecular weight is 270 g/mol. The highest BCUT2D eigenvalue weighted by molar-refractivity contribution is 5.76. The molecule has 0 heterocycles. The number of rotatable bonds is 5. The standard InChI is InChI=1S/C14H26N2O3/c1-14(2,3)15-8-7-12(17)16-11-6-4-5-10(9-11)13(18)19/h10-11,15H,4-9H2,1-3H3,(H,16,17)(H,18,19). The van der Waals surface area contributed by atoms with Crippen LogP contribution in [0, 0.1) is 5.92 Å². The zero-order valence-corrected chi connectivity index (χ0v) is 12.2. The van der Waals surface area contributed by atoms with E-state index in [0.717, 1.165) is 19.3 Å². The maximum absolute atomic E-state index is 11.8. The molecule has 0 aromatic rings. The van der Waals surface area contributed by atoms with Crippen LogP contribution in [0.5, 0.6) is 0 Å². The summed E-state index contributed by atoms with van der Waals surface area (Å²) in [5, 5.41) is 15.2. The molecule has 1 saturated carbocycles. The van der Waals surface area contributed by atoms with E-state index in [9.17, 15) is 9.59 Å². The van der Waals surface area contributed by atoms with Crippen molar-refractivity contribution in [2.24, 2.45) is 5.92 Å². The van der Waals surface area contributed by atoms with E-state index in [-0.39, 0.29) is 23.4 Å². The molecule has 0 radical (unpaired) electrons. The number of nitrogens with one attached hydrogen (secondary N) is 2. The van der Waals surface area contributed by atoms with Crippen LogP contribution in [0.15, 0.2) is 0 Å². The van der Waals surface area contributed by atoms with E-state index in [4.69, 9.17) is 5.11 Å². The van der Waals surface area contributed by atoms with Crippen molar-refractivity contribution in [1.82, 2.24) is 10.6 Å². The molecule has 19 heavy (non-hydrogen) atoms. The van der Waals surface area contributed by atoms with E-state index in [0.29, 0.717) is 19.4 Å². The minimum atomic E-state index is -0.742. The maximum Gasteiger partial charge on any atom is 0.306 e. The third-order valence-electron chi connectivity index (χ3n) is 3.40. The van der Waals surface area contributed by atoms with Crippen molar-refractivity contribution >= 4 is 11.9 Å². The van der Waals surface area contributed by atoms with Crippen LogP contribution in [0.1, 0.15) is 52.9 Å². The monoisotopic (exact) mass is 270 g/mol. The van der Waals surface area contributed by atoms with Gasteiger partial charge in [-0.05, 0) is 40.0 Å². The van der Waals surface area contributed by atoms with Gasteiger partial charge < -0.3 is 15.7 Å². The van der Waals surface area contributed by atoms with Crippen molar-refractivity contribution < 1.29 is 14.7 Å². The minimum absolute atomic E-state index is 0.00721. The molecule has 1 aliphatic rings. The zero-order chi connectivity index (χ0) is 14.5. The lowest BCUT2D eigenvalue weighted by Gasteiger charge is -2.27. The number of hydrogen-bond donors (Lipinski definition) is 3. The fraction of sp³-hybridized carbons (Fsp3) is 0.857. The molecule has 5 nitrogen and oxygen atoms in total. The van der Waals surface area contributed by atoms with E-state index >= 15 is 0 Å². The summed E-state index contributed by atoms with van der Waals surface area (Å²) in [7, 11) is 0. The van der Waals surface area contributed by atoms with Crippen molar-refractivity contribution in [2.75, 3.05) is 6.54 Å². The molecule has 110 valence electrons. The number of aliphatic carboxylic acids is 1. The Hall–Kier alpha value is -1.10. The molecule has 5 heteroatoms. The molecule has 3 N–H and O–H groups in total. The first-order chi connectivity index (χ1) is 8.78. The van der Waals surface area contributed by atoms with E-state index in [1.54, 1.807) is 0 Å². The van der Waals surface area contributed by atoms with Gasteiger partial charge in [-0.3, -0.25) is 9.59 Å². The summed E-state index contributed by atoms with van der Waals surface area (Å²) in [6.07, 6.45) is 3.50. The number of carbonyl (C=O) groups is 2. The van der Waals surface area contributed by atoms with Crippen LogP contribution < -0.4 is 10.6 Å². The Morgan fingerprint density at radius 3 is 2.53 bits per heavy atom. The minimum Gasteiger partial charge on any atom is -0.481 e. The molecule has 2 atom stereocenters. The van der Waals surface area contributed by atoms with Gasteiger partial charge in [-0.15, -0.1) is 0 Å². The number of amides is 1. The van der Waals surface area contributed by atoms with Crippen molar-refractivity contribution in [2.45, 2.75) is 64.5 Å². The molecule has 1 rings (SSSR count). The normalized spacial score (nSPS) is 23.9. The van der Waals surface area contributed by atoms with Gasteiger partial charge in [-0.25, -0.2) is 0 Å². The third kappa shape index (κ3) is 6.57. The first-order valence-electron chi connectivity index (χ1n) is 7.05. The topological polar surface area (TPSA) is 78.4 Å². The summed E-state index contributed by atoms with van der Waals surface area (Å²) in [6.45, 7) is 6.82. The van der Waals surface area contributed by atoms with Gasteiger partial charge in [-0.2, -0.15) is 0 Å². The van der Waals surface area contributed by atoms with Crippen molar-refractivity contribution in [1.29, 1.82) is 0 Å². The summed E-state index contributed by atoms with van der Waals surface area (Å²) >= 11 is 0. The van der Waals surface area contributed by atoms with Gasteiger partial charge in [0.25, 0.3) is 0 Å². The Kier molecular flexibility index (Phi) is 5.79. The highest BCUT2D eigenvalue weighted by Crippen LogP contribution is 2.24. The number of carbonyl (C=O) groups excluding carboxylic acids is 1. The van der Waals surface area contributed by atoms with E-state index in [2.05, 4.69) is 31.4 Å². The molecule has 0 bridgehead atoms. The second-order valence-corrected chi connectivity index (χ2v) is 6.39. The van der Waals surface area contributed by atoms with Gasteiger partial charge in [0, 0.05) is 24.5 Å². The maximum atomic E-state index is 11.8. The lowest BCUT2D eigenvalue weighted by atomic mass is 9.86. The second kappa shape index (κ2) is 6.89. The predicted molar refractivity (Wildman–Crippen MR) is 73.9 cm³/mol. The molecule has 1 aliphatic carbocycles. The molecule has 0 aliphatic heterocycles. The van der Waals surface area contributed by atoms with Crippen LogP contribution in [0.25, 0.3) is 0 Å². The number of carboxylic acids is 1.